The van der Waals surface area contributed by atoms with Gasteiger partial charge in [0.2, 0.25) is 0 Å². The van der Waals surface area contributed by atoms with Crippen LogP contribution in [0.5, 0.6) is 0 Å². The first-order chi connectivity index (χ1) is 8.54. The van der Waals surface area contributed by atoms with Crippen LogP contribution in [-0.4, -0.2) is 50.3 Å². The first-order valence-corrected chi connectivity index (χ1v) is 9.07. The number of hydrogen-bond acceptors (Lipinski definition) is 4. The number of halogens is 1. The van der Waals surface area contributed by atoms with Crippen molar-refractivity contribution in [1.82, 2.24) is 9.21 Å². The van der Waals surface area contributed by atoms with Gasteiger partial charge in [0, 0.05) is 26.2 Å². The molecule has 1 aromatic rings. The summed E-state index contributed by atoms with van der Waals surface area (Å²) in [5, 5.41) is 0. The molecule has 4 nitrogen and oxygen atoms in total. The van der Waals surface area contributed by atoms with Crippen molar-refractivity contribution < 1.29 is 8.42 Å². The molecule has 0 aromatic carbocycles. The van der Waals surface area contributed by atoms with Crippen molar-refractivity contribution in [3.8, 4) is 0 Å². The van der Waals surface area contributed by atoms with Gasteiger partial charge in [-0.2, -0.15) is 4.31 Å². The minimum absolute atomic E-state index is 0.429. The Balaban J connectivity index is 2.05. The molecular weight excluding hydrogens is 336 g/mol. The smallest absolute Gasteiger partial charge is 0.252 e. The maximum atomic E-state index is 12.4. The van der Waals surface area contributed by atoms with Gasteiger partial charge in [0.15, 0.2) is 0 Å². The van der Waals surface area contributed by atoms with Crippen LogP contribution in [0.3, 0.4) is 0 Å². The topological polar surface area (TPSA) is 40.6 Å². The number of thiophene rings is 1. The van der Waals surface area contributed by atoms with Crippen LogP contribution in [0.2, 0.25) is 0 Å². The van der Waals surface area contributed by atoms with E-state index in [1.54, 1.807) is 16.4 Å². The quantitative estimate of drug-likeness (QED) is 0.834. The Bertz CT molecular complexity index is 493. The predicted molar refractivity (Wildman–Crippen MR) is 77.5 cm³/mol. The lowest BCUT2D eigenvalue weighted by Crippen LogP contribution is -2.48. The average molecular weight is 353 g/mol. The molecule has 0 atom stereocenters. The van der Waals surface area contributed by atoms with E-state index in [4.69, 9.17) is 0 Å². The van der Waals surface area contributed by atoms with E-state index in [-0.39, 0.29) is 0 Å². The summed E-state index contributed by atoms with van der Waals surface area (Å²) < 4.78 is 27.6. The summed E-state index contributed by atoms with van der Waals surface area (Å²) in [6, 6.07) is 3.45. The van der Waals surface area contributed by atoms with Gasteiger partial charge in [-0.25, -0.2) is 8.42 Å². The molecular formula is C11H17BrN2O2S2. The molecule has 0 unspecified atom stereocenters. The molecule has 0 radical (unpaired) electrons. The third-order valence-corrected chi connectivity index (χ3v) is 7.00. The zero-order valence-corrected chi connectivity index (χ0v) is 13.5. The summed E-state index contributed by atoms with van der Waals surface area (Å²) in [6.07, 6.45) is 1.12. The second kappa shape index (κ2) is 6.00. The second-order valence-corrected chi connectivity index (χ2v) is 8.93. The van der Waals surface area contributed by atoms with E-state index in [1.807, 2.05) is 0 Å². The highest BCUT2D eigenvalue weighted by atomic mass is 79.9. The van der Waals surface area contributed by atoms with Gasteiger partial charge < -0.3 is 4.90 Å². The molecule has 0 aliphatic carbocycles. The summed E-state index contributed by atoms with van der Waals surface area (Å²) in [5.41, 5.74) is 0. The monoisotopic (exact) mass is 352 g/mol. The molecule has 1 fully saturated rings. The van der Waals surface area contributed by atoms with Crippen LogP contribution in [0.4, 0.5) is 0 Å². The van der Waals surface area contributed by atoms with Crippen LogP contribution < -0.4 is 0 Å². The Morgan fingerprint density at radius 2 is 1.94 bits per heavy atom. The van der Waals surface area contributed by atoms with Crippen LogP contribution in [0.1, 0.15) is 13.3 Å². The second-order valence-electron chi connectivity index (χ2n) is 4.30. The zero-order chi connectivity index (χ0) is 13.2. The molecule has 0 spiro atoms. The number of piperazine rings is 1. The van der Waals surface area contributed by atoms with E-state index in [1.165, 1.54) is 11.3 Å². The fourth-order valence-electron chi connectivity index (χ4n) is 2.07. The van der Waals surface area contributed by atoms with Crippen LogP contribution >= 0.6 is 27.3 Å². The molecule has 7 heteroatoms. The van der Waals surface area contributed by atoms with E-state index >= 15 is 0 Å². The zero-order valence-electron chi connectivity index (χ0n) is 10.3. The Labute approximate surface area is 121 Å². The van der Waals surface area contributed by atoms with E-state index in [0.717, 1.165) is 29.8 Å². The summed E-state index contributed by atoms with van der Waals surface area (Å²) in [5.74, 6) is 0. The van der Waals surface area contributed by atoms with E-state index in [9.17, 15) is 8.42 Å². The van der Waals surface area contributed by atoms with E-state index in [2.05, 4.69) is 27.8 Å². The maximum absolute atomic E-state index is 12.4. The highest BCUT2D eigenvalue weighted by Gasteiger charge is 2.29. The third-order valence-electron chi connectivity index (χ3n) is 3.01. The van der Waals surface area contributed by atoms with Crippen molar-refractivity contribution in [3.05, 3.63) is 15.9 Å². The number of hydrogen-bond donors (Lipinski definition) is 0. The van der Waals surface area contributed by atoms with Crippen LogP contribution in [0, 0.1) is 0 Å². The molecule has 18 heavy (non-hydrogen) atoms. The first-order valence-electron chi connectivity index (χ1n) is 6.02. The lowest BCUT2D eigenvalue weighted by atomic mass is 10.3. The molecule has 0 bridgehead atoms. The van der Waals surface area contributed by atoms with Crippen LogP contribution in [-0.2, 0) is 10.0 Å². The van der Waals surface area contributed by atoms with Gasteiger partial charge in [0.25, 0.3) is 10.0 Å². The van der Waals surface area contributed by atoms with Gasteiger partial charge in [-0.1, -0.05) is 6.92 Å². The standard InChI is InChI=1S/C11H17BrN2O2S2/c1-2-5-13-6-8-14(9-7-13)18(15,16)11-4-3-10(12)17-11/h3-4H,2,5-9H2,1H3. The van der Waals surface area contributed by atoms with Gasteiger partial charge in [-0.3, -0.25) is 0 Å². The Hall–Kier alpha value is 0.0500. The third kappa shape index (κ3) is 3.14. The Morgan fingerprint density at radius 3 is 2.44 bits per heavy atom. The SMILES string of the molecule is CCCN1CCN(S(=O)(=O)c2ccc(Br)s2)CC1. The summed E-state index contributed by atoms with van der Waals surface area (Å²) in [7, 11) is -3.28. The van der Waals surface area contributed by atoms with Gasteiger partial charge in [0.05, 0.1) is 3.79 Å². The Morgan fingerprint density at radius 1 is 1.28 bits per heavy atom. The van der Waals surface area contributed by atoms with Crippen molar-refractivity contribution >= 4 is 37.3 Å². The molecule has 2 rings (SSSR count). The fraction of sp³-hybridized carbons (Fsp3) is 0.636. The first kappa shape index (κ1) is 14.5. The lowest BCUT2D eigenvalue weighted by molar-refractivity contribution is 0.189. The summed E-state index contributed by atoms with van der Waals surface area (Å²) >= 11 is 4.58. The molecule has 0 saturated carbocycles. The summed E-state index contributed by atoms with van der Waals surface area (Å²) in [4.78, 5) is 2.32. The molecule has 0 N–H and O–H groups in total. The largest absolute Gasteiger partial charge is 0.301 e. The van der Waals surface area contributed by atoms with Gasteiger partial charge in [-0.15, -0.1) is 11.3 Å². The highest BCUT2D eigenvalue weighted by molar-refractivity contribution is 9.11. The van der Waals surface area contributed by atoms with E-state index in [0.29, 0.717) is 17.3 Å². The number of rotatable bonds is 4. The van der Waals surface area contributed by atoms with Crippen LogP contribution in [0.15, 0.2) is 20.1 Å². The van der Waals surface area contributed by atoms with Gasteiger partial charge in [0.1, 0.15) is 4.21 Å². The van der Waals surface area contributed by atoms with Crippen molar-refractivity contribution in [2.24, 2.45) is 0 Å². The molecule has 1 aliphatic rings. The minimum atomic E-state index is -3.28. The Kier molecular flexibility index (Phi) is 4.82. The van der Waals surface area contributed by atoms with Crippen molar-refractivity contribution in [1.29, 1.82) is 0 Å². The fourth-order valence-corrected chi connectivity index (χ4v) is 5.66. The van der Waals surface area contributed by atoms with Crippen molar-refractivity contribution in [3.63, 3.8) is 0 Å². The van der Waals surface area contributed by atoms with Crippen LogP contribution in [0.25, 0.3) is 0 Å². The van der Waals surface area contributed by atoms with E-state index < -0.39 is 10.0 Å². The molecule has 102 valence electrons. The van der Waals surface area contributed by atoms with Crippen molar-refractivity contribution in [2.75, 3.05) is 32.7 Å². The molecule has 2 heterocycles. The van der Waals surface area contributed by atoms with Crippen molar-refractivity contribution in [2.45, 2.75) is 17.6 Å². The highest BCUT2D eigenvalue weighted by Crippen LogP contribution is 2.28. The van der Waals surface area contributed by atoms with Gasteiger partial charge >= 0.3 is 0 Å². The summed E-state index contributed by atoms with van der Waals surface area (Å²) in [6.45, 7) is 6.06. The molecule has 1 saturated heterocycles. The number of nitrogens with zero attached hydrogens (tertiary/aromatic N) is 2. The molecule has 1 aromatic heterocycles. The average Bonchev–Trinajstić information content (AvgIpc) is 2.78. The normalized spacial score (nSPS) is 19.2. The number of sulfonamides is 1. The lowest BCUT2D eigenvalue weighted by Gasteiger charge is -2.33. The molecule has 0 amide bonds. The molecule has 1 aliphatic heterocycles. The minimum Gasteiger partial charge on any atom is -0.301 e. The van der Waals surface area contributed by atoms with Gasteiger partial charge in [-0.05, 0) is 41.0 Å². The maximum Gasteiger partial charge on any atom is 0.252 e. The predicted octanol–water partition coefficient (Wildman–Crippen LogP) is 2.23.